The predicted molar refractivity (Wildman–Crippen MR) is 144 cm³/mol. The van der Waals surface area contributed by atoms with Gasteiger partial charge in [0, 0.05) is 13.0 Å². The summed E-state index contributed by atoms with van der Waals surface area (Å²) in [4.78, 5) is 11.7. The molecule has 44 heavy (non-hydrogen) atoms. The maximum absolute atomic E-state index is 11.7. The van der Waals surface area contributed by atoms with Crippen LogP contribution in [0.25, 0.3) is 0 Å². The molecule has 0 aromatic carbocycles. The Bertz CT molecular complexity index is 857. The van der Waals surface area contributed by atoms with E-state index in [4.69, 9.17) is 34.2 Å². The zero-order valence-electron chi connectivity index (χ0n) is 24.5. The third-order valence-electron chi connectivity index (χ3n) is 7.84. The minimum Gasteiger partial charge on any atom is -0.394 e. The molecular weight excluding hydrogens is 596 g/mol. The zero-order valence-corrected chi connectivity index (χ0v) is 24.5. The number of unbranched alkanes of at least 4 members (excludes halogenated alkanes) is 1. The summed E-state index contributed by atoms with van der Waals surface area (Å²) in [6.07, 6.45) is -19.6. The molecule has 15 atom stereocenters. The van der Waals surface area contributed by atoms with Gasteiger partial charge in [-0.05, 0) is 12.8 Å². The molecule has 0 bridgehead atoms. The highest BCUT2D eigenvalue weighted by Crippen LogP contribution is 2.32. The minimum atomic E-state index is -1.87. The van der Waals surface area contributed by atoms with Crippen LogP contribution in [0.15, 0.2) is 0 Å². The second-order valence-electron chi connectivity index (χ2n) is 11.1. The summed E-state index contributed by atoms with van der Waals surface area (Å²) in [6, 6.07) is -1.19. The van der Waals surface area contributed by atoms with Crippen molar-refractivity contribution in [2.24, 2.45) is 5.73 Å². The summed E-state index contributed by atoms with van der Waals surface area (Å²) in [5.41, 5.74) is 6.13. The van der Waals surface area contributed by atoms with Crippen LogP contribution in [0.3, 0.4) is 0 Å². The minimum absolute atomic E-state index is 0.0721. The van der Waals surface area contributed by atoms with E-state index in [0.717, 1.165) is 12.8 Å². The summed E-state index contributed by atoms with van der Waals surface area (Å²) >= 11 is 0. The first-order chi connectivity index (χ1) is 21.0. The van der Waals surface area contributed by atoms with E-state index in [1.807, 2.05) is 6.92 Å². The second-order valence-corrected chi connectivity index (χ2v) is 11.1. The van der Waals surface area contributed by atoms with Gasteiger partial charge in [0.1, 0.15) is 67.1 Å². The average molecular weight is 645 g/mol. The Morgan fingerprint density at radius 1 is 0.705 bits per heavy atom. The molecule has 18 nitrogen and oxygen atoms in total. The highest BCUT2D eigenvalue weighted by atomic mass is 16.8. The van der Waals surface area contributed by atoms with Gasteiger partial charge in [0.05, 0.1) is 32.5 Å². The SMILES string of the molecule is CCCCC(=O)NCCCO[C@@H]1OC(CO)[C@@H](OC2OC(CO)[C@H](O)C(O[C@H]3OC(CO)[C@H](O)C(O)C3O)C2O)C(O)C1N. The van der Waals surface area contributed by atoms with Crippen LogP contribution in [0.5, 0.6) is 0 Å². The summed E-state index contributed by atoms with van der Waals surface area (Å²) < 4.78 is 33.4. The summed E-state index contributed by atoms with van der Waals surface area (Å²) in [5, 5.41) is 95.1. The Balaban J connectivity index is 1.62. The summed E-state index contributed by atoms with van der Waals surface area (Å²) in [7, 11) is 0. The van der Waals surface area contributed by atoms with Crippen molar-refractivity contribution < 1.29 is 79.2 Å². The van der Waals surface area contributed by atoms with Gasteiger partial charge in [0.15, 0.2) is 18.9 Å². The van der Waals surface area contributed by atoms with Crippen LogP contribution < -0.4 is 11.1 Å². The lowest BCUT2D eigenvalue weighted by molar-refractivity contribution is -0.375. The molecule has 3 saturated heterocycles. The van der Waals surface area contributed by atoms with Crippen molar-refractivity contribution in [3.05, 3.63) is 0 Å². The molecule has 18 heteroatoms. The van der Waals surface area contributed by atoms with Crippen molar-refractivity contribution in [3.63, 3.8) is 0 Å². The zero-order chi connectivity index (χ0) is 32.6. The Morgan fingerprint density at radius 2 is 1.27 bits per heavy atom. The van der Waals surface area contributed by atoms with Gasteiger partial charge in [-0.25, -0.2) is 0 Å². The van der Waals surface area contributed by atoms with E-state index in [2.05, 4.69) is 5.32 Å². The smallest absolute Gasteiger partial charge is 0.219 e. The van der Waals surface area contributed by atoms with Gasteiger partial charge in [-0.15, -0.1) is 0 Å². The molecule has 0 saturated carbocycles. The molecule has 0 aromatic heterocycles. The first-order valence-corrected chi connectivity index (χ1v) is 14.8. The molecule has 0 radical (unpaired) electrons. The van der Waals surface area contributed by atoms with Gasteiger partial charge >= 0.3 is 0 Å². The highest BCUT2D eigenvalue weighted by Gasteiger charge is 2.53. The van der Waals surface area contributed by atoms with Crippen molar-refractivity contribution in [2.45, 2.75) is 125 Å². The van der Waals surface area contributed by atoms with Crippen LogP contribution in [-0.4, -0.2) is 177 Å². The number of aliphatic hydroxyl groups excluding tert-OH is 9. The lowest BCUT2D eigenvalue weighted by Gasteiger charge is -2.48. The van der Waals surface area contributed by atoms with Crippen LogP contribution in [0.1, 0.15) is 32.6 Å². The number of rotatable bonds is 15. The first kappa shape index (κ1) is 37.3. The number of amides is 1. The van der Waals surface area contributed by atoms with Gasteiger partial charge in [0.2, 0.25) is 5.91 Å². The fourth-order valence-electron chi connectivity index (χ4n) is 5.15. The molecule has 3 aliphatic heterocycles. The van der Waals surface area contributed by atoms with Crippen molar-refractivity contribution in [1.82, 2.24) is 5.32 Å². The fourth-order valence-corrected chi connectivity index (χ4v) is 5.15. The lowest BCUT2D eigenvalue weighted by Crippen LogP contribution is -2.67. The normalized spacial score (nSPS) is 43.1. The quantitative estimate of drug-likeness (QED) is 0.0740. The molecule has 3 fully saturated rings. The van der Waals surface area contributed by atoms with Crippen molar-refractivity contribution in [1.29, 1.82) is 0 Å². The second kappa shape index (κ2) is 17.7. The van der Waals surface area contributed by atoms with Gasteiger partial charge in [-0.1, -0.05) is 13.3 Å². The maximum atomic E-state index is 11.7. The first-order valence-electron chi connectivity index (χ1n) is 14.8. The molecule has 258 valence electrons. The van der Waals surface area contributed by atoms with E-state index < -0.39 is 112 Å². The molecule has 0 spiro atoms. The summed E-state index contributed by atoms with van der Waals surface area (Å²) in [6.45, 7) is 0.227. The topological polar surface area (TPSA) is 293 Å². The number of hydrogen-bond donors (Lipinski definition) is 11. The molecule has 3 heterocycles. The molecule has 0 aliphatic carbocycles. The fraction of sp³-hybridized carbons (Fsp3) is 0.962. The Morgan fingerprint density at radius 3 is 1.89 bits per heavy atom. The van der Waals surface area contributed by atoms with E-state index in [1.54, 1.807) is 0 Å². The number of nitrogens with one attached hydrogen (secondary N) is 1. The van der Waals surface area contributed by atoms with Crippen LogP contribution >= 0.6 is 0 Å². The van der Waals surface area contributed by atoms with Gasteiger partial charge in [-0.2, -0.15) is 0 Å². The molecule has 12 N–H and O–H groups in total. The predicted octanol–water partition coefficient (Wildman–Crippen LogP) is -5.89. The van der Waals surface area contributed by atoms with Gasteiger partial charge in [-0.3, -0.25) is 4.79 Å². The van der Waals surface area contributed by atoms with Gasteiger partial charge in [0.25, 0.3) is 0 Å². The van der Waals surface area contributed by atoms with Gasteiger partial charge < -0.3 is 85.4 Å². The molecular formula is C26H48N2O16. The molecule has 3 aliphatic rings. The van der Waals surface area contributed by atoms with E-state index in [9.17, 15) is 50.8 Å². The molecule has 3 rings (SSSR count). The number of nitrogens with two attached hydrogens (primary N) is 1. The van der Waals surface area contributed by atoms with Crippen LogP contribution in [-0.2, 0) is 33.2 Å². The van der Waals surface area contributed by atoms with Crippen molar-refractivity contribution in [3.8, 4) is 0 Å². The number of carbonyl (C=O) groups excluding carboxylic acids is 1. The lowest BCUT2D eigenvalue weighted by atomic mass is 9.95. The van der Waals surface area contributed by atoms with Crippen LogP contribution in [0.4, 0.5) is 0 Å². The van der Waals surface area contributed by atoms with Crippen molar-refractivity contribution >= 4 is 5.91 Å². The average Bonchev–Trinajstić information content (AvgIpc) is 3.02. The van der Waals surface area contributed by atoms with Crippen LogP contribution in [0.2, 0.25) is 0 Å². The monoisotopic (exact) mass is 644 g/mol. The highest BCUT2D eigenvalue weighted by molar-refractivity contribution is 5.75. The number of hydrogen-bond acceptors (Lipinski definition) is 17. The third kappa shape index (κ3) is 9.00. The Kier molecular flexibility index (Phi) is 15.0. The Hall–Kier alpha value is -1.17. The standard InChI is InChI=1S/C26H48N2O16/c1-2-3-5-14(32)28-6-4-7-39-24-15(27)18(35)22(13(10-31)42-24)43-26-21(38)23(17(34)12(9-30)41-26)44-25-20(37)19(36)16(33)11(8-29)40-25/h11-13,15-26,29-31,33-38H,2-10,27H2,1H3,(H,28,32)/t11?,12?,13?,15?,16-,17-,18?,19?,20?,21?,22+,23?,24+,25+,26?/m0/s1. The van der Waals surface area contributed by atoms with E-state index in [1.165, 1.54) is 0 Å². The van der Waals surface area contributed by atoms with E-state index >= 15 is 0 Å². The third-order valence-corrected chi connectivity index (χ3v) is 7.84. The largest absolute Gasteiger partial charge is 0.394 e. The number of carbonyl (C=O) groups is 1. The summed E-state index contributed by atoms with van der Waals surface area (Å²) in [5.74, 6) is -0.0721. The molecule has 10 unspecified atom stereocenters. The molecule has 1 amide bonds. The van der Waals surface area contributed by atoms with E-state index in [-0.39, 0.29) is 12.5 Å². The molecule has 0 aromatic rings. The van der Waals surface area contributed by atoms with E-state index in [0.29, 0.717) is 19.4 Å². The van der Waals surface area contributed by atoms with Crippen molar-refractivity contribution in [2.75, 3.05) is 33.0 Å². The Labute approximate surface area is 254 Å². The number of aliphatic hydroxyl groups is 9. The van der Waals surface area contributed by atoms with Crippen LogP contribution in [0, 0.1) is 0 Å². The maximum Gasteiger partial charge on any atom is 0.219 e. The number of ether oxygens (including phenoxy) is 6.